The van der Waals surface area contributed by atoms with Gasteiger partial charge in [0.25, 0.3) is 0 Å². The molecule has 1 heterocycles. The van der Waals surface area contributed by atoms with Crippen LogP contribution < -0.4 is 5.32 Å². The van der Waals surface area contributed by atoms with Gasteiger partial charge in [-0.3, -0.25) is 4.90 Å². The summed E-state index contributed by atoms with van der Waals surface area (Å²) >= 11 is 3.28. The standard InChI is InChI=1S/C14H18BrFN2O/c1-2-3-13(18-6-4-17-5-7-18)11-8-10(15)9-12(16)14(11)19/h2,8-9,13,17,19H,1,3-7H2/t13-/m1/s1. The third-order valence-electron chi connectivity index (χ3n) is 3.40. The number of phenols is 1. The topological polar surface area (TPSA) is 35.5 Å². The third kappa shape index (κ3) is 3.35. The van der Waals surface area contributed by atoms with Gasteiger partial charge in [0.1, 0.15) is 0 Å². The highest BCUT2D eigenvalue weighted by atomic mass is 79.9. The van der Waals surface area contributed by atoms with Crippen LogP contribution in [0.3, 0.4) is 0 Å². The minimum atomic E-state index is -0.589. The van der Waals surface area contributed by atoms with E-state index in [1.807, 2.05) is 6.08 Å². The second-order valence-corrected chi connectivity index (χ2v) is 5.57. The summed E-state index contributed by atoms with van der Waals surface area (Å²) in [5, 5.41) is 13.3. The molecule has 1 aliphatic rings. The molecule has 3 nitrogen and oxygen atoms in total. The van der Waals surface area contributed by atoms with Gasteiger partial charge in [0.15, 0.2) is 11.6 Å². The Morgan fingerprint density at radius 1 is 1.47 bits per heavy atom. The summed E-state index contributed by atoms with van der Waals surface area (Å²) in [6, 6.07) is 3.03. The van der Waals surface area contributed by atoms with Gasteiger partial charge >= 0.3 is 0 Å². The summed E-state index contributed by atoms with van der Waals surface area (Å²) in [7, 11) is 0. The number of rotatable bonds is 4. The van der Waals surface area contributed by atoms with Crippen molar-refractivity contribution in [1.29, 1.82) is 0 Å². The van der Waals surface area contributed by atoms with Crippen LogP contribution in [0.15, 0.2) is 29.3 Å². The first-order valence-corrected chi connectivity index (χ1v) is 7.16. The second kappa shape index (κ2) is 6.50. The summed E-state index contributed by atoms with van der Waals surface area (Å²) in [4.78, 5) is 2.25. The van der Waals surface area contributed by atoms with Crippen molar-refractivity contribution in [3.05, 3.63) is 40.6 Å². The Morgan fingerprint density at radius 3 is 2.79 bits per heavy atom. The first kappa shape index (κ1) is 14.5. The molecular weight excluding hydrogens is 311 g/mol. The van der Waals surface area contributed by atoms with Gasteiger partial charge in [0.2, 0.25) is 0 Å². The number of benzene rings is 1. The molecule has 0 spiro atoms. The SMILES string of the molecule is C=CC[C@H](c1cc(Br)cc(F)c1O)N1CCNCC1. The zero-order valence-corrected chi connectivity index (χ0v) is 12.3. The molecule has 1 atom stereocenters. The second-order valence-electron chi connectivity index (χ2n) is 4.65. The molecule has 0 aliphatic carbocycles. The van der Waals surface area contributed by atoms with Crippen molar-refractivity contribution in [3.63, 3.8) is 0 Å². The lowest BCUT2D eigenvalue weighted by Gasteiger charge is -2.35. The van der Waals surface area contributed by atoms with E-state index >= 15 is 0 Å². The van der Waals surface area contributed by atoms with E-state index in [9.17, 15) is 9.50 Å². The number of hydrogen-bond donors (Lipinski definition) is 2. The number of halogens is 2. The fourth-order valence-electron chi connectivity index (χ4n) is 2.46. The molecule has 0 bridgehead atoms. The first-order chi connectivity index (χ1) is 9.13. The molecule has 1 aromatic carbocycles. The van der Waals surface area contributed by atoms with Crippen molar-refractivity contribution in [2.45, 2.75) is 12.5 Å². The highest BCUT2D eigenvalue weighted by Crippen LogP contribution is 2.35. The molecule has 2 rings (SSSR count). The van der Waals surface area contributed by atoms with Crippen LogP contribution in [-0.2, 0) is 0 Å². The molecule has 0 aromatic heterocycles. The Hall–Kier alpha value is -0.910. The zero-order valence-electron chi connectivity index (χ0n) is 10.7. The van der Waals surface area contributed by atoms with Gasteiger partial charge in [-0.2, -0.15) is 0 Å². The summed E-state index contributed by atoms with van der Waals surface area (Å²) in [6.45, 7) is 7.34. The molecule has 5 heteroatoms. The van der Waals surface area contributed by atoms with E-state index in [1.165, 1.54) is 6.07 Å². The molecule has 1 saturated heterocycles. The largest absolute Gasteiger partial charge is 0.505 e. The summed E-state index contributed by atoms with van der Waals surface area (Å²) < 4.78 is 14.3. The molecule has 1 aromatic rings. The lowest BCUT2D eigenvalue weighted by Crippen LogP contribution is -2.45. The Morgan fingerprint density at radius 2 is 2.16 bits per heavy atom. The Bertz CT molecular complexity index is 461. The van der Waals surface area contributed by atoms with Crippen molar-refractivity contribution in [2.75, 3.05) is 26.2 Å². The van der Waals surface area contributed by atoms with Gasteiger partial charge in [-0.25, -0.2) is 4.39 Å². The molecular formula is C14H18BrFN2O. The van der Waals surface area contributed by atoms with E-state index in [0.29, 0.717) is 16.5 Å². The predicted molar refractivity (Wildman–Crippen MR) is 77.8 cm³/mol. The Balaban J connectivity index is 2.34. The number of piperazine rings is 1. The first-order valence-electron chi connectivity index (χ1n) is 6.37. The Kier molecular flexibility index (Phi) is 4.96. The van der Waals surface area contributed by atoms with Gasteiger partial charge in [0, 0.05) is 42.3 Å². The fourth-order valence-corrected chi connectivity index (χ4v) is 2.91. The summed E-state index contributed by atoms with van der Waals surface area (Å²) in [5.74, 6) is -0.845. The minimum absolute atomic E-state index is 0.0356. The van der Waals surface area contributed by atoms with Crippen LogP contribution in [0, 0.1) is 5.82 Å². The number of nitrogens with one attached hydrogen (secondary N) is 1. The number of hydrogen-bond acceptors (Lipinski definition) is 3. The third-order valence-corrected chi connectivity index (χ3v) is 3.86. The number of nitrogens with zero attached hydrogens (tertiary/aromatic N) is 1. The minimum Gasteiger partial charge on any atom is -0.505 e. The van der Waals surface area contributed by atoms with E-state index < -0.39 is 5.82 Å². The van der Waals surface area contributed by atoms with Gasteiger partial charge in [-0.15, -0.1) is 6.58 Å². The summed E-state index contributed by atoms with van der Waals surface area (Å²) in [6.07, 6.45) is 2.49. The van der Waals surface area contributed by atoms with Crippen LogP contribution in [0.5, 0.6) is 5.75 Å². The number of phenolic OH excluding ortho intramolecular Hbond substituents is 1. The van der Waals surface area contributed by atoms with Gasteiger partial charge in [-0.1, -0.05) is 22.0 Å². The van der Waals surface area contributed by atoms with Crippen LogP contribution >= 0.6 is 15.9 Å². The van der Waals surface area contributed by atoms with Crippen molar-refractivity contribution in [1.82, 2.24) is 10.2 Å². The van der Waals surface area contributed by atoms with Gasteiger partial charge in [0.05, 0.1) is 0 Å². The van der Waals surface area contributed by atoms with Crippen LogP contribution in [0.4, 0.5) is 4.39 Å². The monoisotopic (exact) mass is 328 g/mol. The highest BCUT2D eigenvalue weighted by molar-refractivity contribution is 9.10. The van der Waals surface area contributed by atoms with Gasteiger partial charge in [-0.05, 0) is 18.6 Å². The molecule has 0 unspecified atom stereocenters. The van der Waals surface area contributed by atoms with Crippen LogP contribution in [0.1, 0.15) is 18.0 Å². The maximum absolute atomic E-state index is 13.7. The number of aromatic hydroxyl groups is 1. The lowest BCUT2D eigenvalue weighted by atomic mass is 10.00. The van der Waals surface area contributed by atoms with E-state index in [-0.39, 0.29) is 11.8 Å². The lowest BCUT2D eigenvalue weighted by molar-refractivity contribution is 0.171. The molecule has 0 saturated carbocycles. The molecule has 104 valence electrons. The quantitative estimate of drug-likeness (QED) is 0.834. The van der Waals surface area contributed by atoms with Crippen LogP contribution in [0.25, 0.3) is 0 Å². The average Bonchev–Trinajstić information content (AvgIpc) is 2.41. The van der Waals surface area contributed by atoms with Crippen molar-refractivity contribution in [2.24, 2.45) is 0 Å². The predicted octanol–water partition coefficient (Wildman–Crippen LogP) is 2.82. The molecule has 2 N–H and O–H groups in total. The van der Waals surface area contributed by atoms with Gasteiger partial charge < -0.3 is 10.4 Å². The van der Waals surface area contributed by atoms with Crippen LogP contribution in [0.2, 0.25) is 0 Å². The molecule has 1 aliphatic heterocycles. The van der Waals surface area contributed by atoms with Crippen molar-refractivity contribution >= 4 is 15.9 Å². The van der Waals surface area contributed by atoms with Crippen molar-refractivity contribution < 1.29 is 9.50 Å². The molecule has 0 radical (unpaired) electrons. The molecule has 0 amide bonds. The molecule has 19 heavy (non-hydrogen) atoms. The van der Waals surface area contributed by atoms with E-state index in [2.05, 4.69) is 32.7 Å². The van der Waals surface area contributed by atoms with E-state index in [1.54, 1.807) is 6.07 Å². The zero-order chi connectivity index (χ0) is 13.8. The highest BCUT2D eigenvalue weighted by Gasteiger charge is 2.25. The van der Waals surface area contributed by atoms with E-state index in [0.717, 1.165) is 26.2 Å². The average molecular weight is 329 g/mol. The smallest absolute Gasteiger partial charge is 0.166 e. The van der Waals surface area contributed by atoms with Crippen molar-refractivity contribution in [3.8, 4) is 5.75 Å². The maximum Gasteiger partial charge on any atom is 0.166 e. The Labute approximate surface area is 121 Å². The van der Waals surface area contributed by atoms with Crippen LogP contribution in [-0.4, -0.2) is 36.2 Å². The fraction of sp³-hybridized carbons (Fsp3) is 0.429. The summed E-state index contributed by atoms with van der Waals surface area (Å²) in [5.41, 5.74) is 0.619. The van der Waals surface area contributed by atoms with E-state index in [4.69, 9.17) is 0 Å². The maximum atomic E-state index is 13.7. The molecule has 1 fully saturated rings. The normalized spacial score (nSPS) is 18.2.